The van der Waals surface area contributed by atoms with E-state index in [1.807, 2.05) is 12.1 Å². The summed E-state index contributed by atoms with van der Waals surface area (Å²) in [7, 11) is -2.29. The first-order valence-electron chi connectivity index (χ1n) is 10.4. The Balaban J connectivity index is 1.57. The molecule has 33 heavy (non-hydrogen) atoms. The molecular weight excluding hydrogens is 484 g/mol. The Morgan fingerprint density at radius 1 is 1.15 bits per heavy atom. The summed E-state index contributed by atoms with van der Waals surface area (Å²) in [5, 5.41) is 12.3. The number of nitrogens with zero attached hydrogens (tertiary/aromatic N) is 3. The number of carbonyl (C=O) groups is 1. The first kappa shape index (κ1) is 23.6. The van der Waals surface area contributed by atoms with Crippen molar-refractivity contribution in [3.63, 3.8) is 0 Å². The molecule has 4 rings (SSSR count). The largest absolute Gasteiger partial charge is 0.496 e. The highest BCUT2D eigenvalue weighted by Gasteiger charge is 2.29. The van der Waals surface area contributed by atoms with E-state index in [1.165, 1.54) is 41.0 Å². The number of nitrogens with one attached hydrogen (secondary N) is 1. The summed E-state index contributed by atoms with van der Waals surface area (Å²) in [5.41, 5.74) is 0.922. The van der Waals surface area contributed by atoms with E-state index in [9.17, 15) is 13.2 Å². The standard InChI is InChI=1S/C22H23ClN4O4S2/c1-14-9-11-27(12-10-14)33(29,30)17-7-8-19(31-2)18(13-17)20(28)24-22-26-25-21(32-22)15-3-5-16(23)6-4-15/h3-8,13-14H,9-12H2,1-2H3,(H,24,26,28). The first-order chi connectivity index (χ1) is 15.8. The number of sulfonamides is 1. The maximum atomic E-state index is 13.1. The van der Waals surface area contributed by atoms with Crippen molar-refractivity contribution < 1.29 is 17.9 Å². The second kappa shape index (κ2) is 9.76. The zero-order valence-electron chi connectivity index (χ0n) is 18.1. The molecule has 8 nitrogen and oxygen atoms in total. The molecule has 1 amide bonds. The zero-order valence-corrected chi connectivity index (χ0v) is 20.5. The minimum Gasteiger partial charge on any atom is -0.496 e. The number of carbonyl (C=O) groups excluding carboxylic acids is 1. The van der Waals surface area contributed by atoms with Gasteiger partial charge >= 0.3 is 0 Å². The van der Waals surface area contributed by atoms with E-state index in [1.54, 1.807) is 12.1 Å². The highest BCUT2D eigenvalue weighted by molar-refractivity contribution is 7.89. The molecule has 0 aliphatic carbocycles. The molecule has 3 aromatic rings. The fourth-order valence-electron chi connectivity index (χ4n) is 3.55. The van der Waals surface area contributed by atoms with Gasteiger partial charge in [0.25, 0.3) is 5.91 Å². The summed E-state index contributed by atoms with van der Waals surface area (Å²) >= 11 is 7.12. The van der Waals surface area contributed by atoms with Crippen molar-refractivity contribution >= 4 is 44.0 Å². The van der Waals surface area contributed by atoms with Crippen LogP contribution in [0.25, 0.3) is 10.6 Å². The summed E-state index contributed by atoms with van der Waals surface area (Å²) in [5.74, 6) is 0.231. The van der Waals surface area contributed by atoms with Gasteiger partial charge in [-0.2, -0.15) is 4.31 Å². The van der Waals surface area contributed by atoms with E-state index < -0.39 is 15.9 Å². The summed E-state index contributed by atoms with van der Waals surface area (Å²) in [6.07, 6.45) is 1.63. The molecule has 11 heteroatoms. The van der Waals surface area contributed by atoms with Crippen molar-refractivity contribution in [3.05, 3.63) is 53.1 Å². The maximum Gasteiger partial charge on any atom is 0.261 e. The molecule has 1 N–H and O–H groups in total. The highest BCUT2D eigenvalue weighted by atomic mass is 35.5. The predicted molar refractivity (Wildman–Crippen MR) is 128 cm³/mol. The number of aromatic nitrogens is 2. The van der Waals surface area contributed by atoms with Crippen molar-refractivity contribution in [2.75, 3.05) is 25.5 Å². The van der Waals surface area contributed by atoms with Crippen LogP contribution in [-0.4, -0.2) is 49.0 Å². The Kier molecular flexibility index (Phi) is 6.99. The Hall–Kier alpha value is -2.53. The van der Waals surface area contributed by atoms with Crippen molar-refractivity contribution in [3.8, 4) is 16.3 Å². The van der Waals surface area contributed by atoms with Crippen LogP contribution in [0, 0.1) is 5.92 Å². The van der Waals surface area contributed by atoms with E-state index in [4.69, 9.17) is 16.3 Å². The molecule has 174 valence electrons. The van der Waals surface area contributed by atoms with Gasteiger partial charge in [-0.3, -0.25) is 10.1 Å². The van der Waals surface area contributed by atoms with E-state index in [0.29, 0.717) is 29.0 Å². The average Bonchev–Trinajstić information content (AvgIpc) is 3.27. The number of ether oxygens (including phenoxy) is 1. The molecule has 1 saturated heterocycles. The number of methoxy groups -OCH3 is 1. The lowest BCUT2D eigenvalue weighted by Gasteiger charge is -2.29. The highest BCUT2D eigenvalue weighted by Crippen LogP contribution is 2.30. The van der Waals surface area contributed by atoms with E-state index in [2.05, 4.69) is 22.4 Å². The van der Waals surface area contributed by atoms with Crippen LogP contribution in [0.3, 0.4) is 0 Å². The van der Waals surface area contributed by atoms with Gasteiger partial charge in [0, 0.05) is 23.7 Å². The Morgan fingerprint density at radius 3 is 2.52 bits per heavy atom. The lowest BCUT2D eigenvalue weighted by Crippen LogP contribution is -2.37. The van der Waals surface area contributed by atoms with Crippen LogP contribution in [0.1, 0.15) is 30.1 Å². The first-order valence-corrected chi connectivity index (χ1v) is 13.0. The van der Waals surface area contributed by atoms with Crippen LogP contribution in [-0.2, 0) is 10.0 Å². The van der Waals surface area contributed by atoms with Crippen LogP contribution < -0.4 is 10.1 Å². The molecule has 2 heterocycles. The number of benzene rings is 2. The molecule has 1 aliphatic rings. The molecule has 1 aliphatic heterocycles. The van der Waals surface area contributed by atoms with Crippen molar-refractivity contribution in [2.24, 2.45) is 5.92 Å². The Morgan fingerprint density at radius 2 is 1.85 bits per heavy atom. The van der Waals surface area contributed by atoms with Gasteiger partial charge < -0.3 is 4.74 Å². The topological polar surface area (TPSA) is 101 Å². The number of hydrogen-bond donors (Lipinski definition) is 1. The van der Waals surface area contributed by atoms with E-state index in [0.717, 1.165) is 18.4 Å². The lowest BCUT2D eigenvalue weighted by molar-refractivity contribution is 0.102. The summed E-state index contributed by atoms with van der Waals surface area (Å²) in [6, 6.07) is 11.4. The quantitative estimate of drug-likeness (QED) is 0.526. The second-order valence-corrected chi connectivity index (χ2v) is 11.2. The van der Waals surface area contributed by atoms with Crippen LogP contribution in [0.5, 0.6) is 5.75 Å². The van der Waals surface area contributed by atoms with Crippen molar-refractivity contribution in [2.45, 2.75) is 24.7 Å². The third kappa shape index (κ3) is 5.19. The normalized spacial score (nSPS) is 15.4. The number of anilines is 1. The van der Waals surface area contributed by atoms with Gasteiger partial charge in [0.05, 0.1) is 17.6 Å². The monoisotopic (exact) mass is 506 g/mol. The SMILES string of the molecule is COc1ccc(S(=O)(=O)N2CCC(C)CC2)cc1C(=O)Nc1nnc(-c2ccc(Cl)cc2)s1. The van der Waals surface area contributed by atoms with Crippen molar-refractivity contribution in [1.29, 1.82) is 0 Å². The zero-order chi connectivity index (χ0) is 23.6. The summed E-state index contributed by atoms with van der Waals surface area (Å²) < 4.78 is 33.0. The van der Waals surface area contributed by atoms with Gasteiger partial charge in [0.1, 0.15) is 10.8 Å². The number of halogens is 1. The lowest BCUT2D eigenvalue weighted by atomic mass is 10.0. The predicted octanol–water partition coefficient (Wildman–Crippen LogP) is 4.54. The summed E-state index contributed by atoms with van der Waals surface area (Å²) in [4.78, 5) is 13.1. The number of piperidine rings is 1. The molecule has 1 aromatic heterocycles. The van der Waals surface area contributed by atoms with Gasteiger partial charge in [-0.25, -0.2) is 8.42 Å². The third-order valence-corrected chi connectivity index (χ3v) is 8.57. The second-order valence-electron chi connectivity index (χ2n) is 7.82. The Bertz CT molecular complexity index is 1250. The minimum atomic E-state index is -3.71. The molecule has 0 atom stereocenters. The van der Waals surface area contributed by atoms with Crippen LogP contribution in [0.15, 0.2) is 47.4 Å². The molecule has 0 bridgehead atoms. The van der Waals surface area contributed by atoms with Crippen LogP contribution in [0.2, 0.25) is 5.02 Å². The molecule has 0 saturated carbocycles. The van der Waals surface area contributed by atoms with Gasteiger partial charge in [-0.1, -0.05) is 42.0 Å². The van der Waals surface area contributed by atoms with Gasteiger partial charge in [0.2, 0.25) is 15.2 Å². The number of rotatable bonds is 6. The summed E-state index contributed by atoms with van der Waals surface area (Å²) in [6.45, 7) is 3.05. The Labute approximate surface area is 201 Å². The van der Waals surface area contributed by atoms with E-state index in [-0.39, 0.29) is 21.3 Å². The fourth-order valence-corrected chi connectivity index (χ4v) is 5.91. The molecule has 1 fully saturated rings. The van der Waals surface area contributed by atoms with Crippen molar-refractivity contribution in [1.82, 2.24) is 14.5 Å². The number of amides is 1. The third-order valence-electron chi connectivity index (χ3n) is 5.53. The maximum absolute atomic E-state index is 13.1. The van der Waals surface area contributed by atoms with Gasteiger partial charge in [-0.15, -0.1) is 10.2 Å². The fraction of sp³-hybridized carbons (Fsp3) is 0.318. The van der Waals surface area contributed by atoms with E-state index >= 15 is 0 Å². The molecule has 0 radical (unpaired) electrons. The van der Waals surface area contributed by atoms with Gasteiger partial charge in [0.15, 0.2) is 0 Å². The smallest absolute Gasteiger partial charge is 0.261 e. The average molecular weight is 507 g/mol. The van der Waals surface area contributed by atoms with Crippen LogP contribution in [0.4, 0.5) is 5.13 Å². The van der Waals surface area contributed by atoms with Gasteiger partial charge in [-0.05, 0) is 49.1 Å². The number of hydrogen-bond acceptors (Lipinski definition) is 7. The molecule has 2 aromatic carbocycles. The molecular formula is C22H23ClN4O4S2. The molecule has 0 spiro atoms. The molecule has 0 unspecified atom stereocenters. The van der Waals surface area contributed by atoms with Crippen LogP contribution >= 0.6 is 22.9 Å². The minimum absolute atomic E-state index is 0.0575.